The van der Waals surface area contributed by atoms with E-state index in [9.17, 15) is 0 Å². The van der Waals surface area contributed by atoms with Gasteiger partial charge in [-0.25, -0.2) is 0 Å². The van der Waals surface area contributed by atoms with Crippen molar-refractivity contribution >= 4 is 5.69 Å². The van der Waals surface area contributed by atoms with E-state index in [-0.39, 0.29) is 0 Å². The molecule has 2 nitrogen and oxygen atoms in total. The van der Waals surface area contributed by atoms with Crippen molar-refractivity contribution in [3.05, 3.63) is 29.3 Å². The Morgan fingerprint density at radius 3 is 2.53 bits per heavy atom. The smallest absolute Gasteiger partial charge is 0.0559 e. The molecule has 0 spiro atoms. The third kappa shape index (κ3) is 2.32. The number of nitrogens with one attached hydrogen (secondary N) is 1. The molecule has 1 aromatic carbocycles. The molecule has 2 rings (SSSR count). The first-order chi connectivity index (χ1) is 7.09. The lowest BCUT2D eigenvalue weighted by Gasteiger charge is -2.38. The summed E-state index contributed by atoms with van der Waals surface area (Å²) in [5, 5.41) is 3.48. The van der Waals surface area contributed by atoms with Gasteiger partial charge in [-0.15, -0.1) is 0 Å². The highest BCUT2D eigenvalue weighted by Gasteiger charge is 2.32. The zero-order chi connectivity index (χ0) is 10.9. The minimum Gasteiger partial charge on any atom is -0.384 e. The molecule has 0 aromatic heterocycles. The SMILES string of the molecule is Cc1ccc(NCC2(C)COC2)cc1C. The Hall–Kier alpha value is -1.02. The van der Waals surface area contributed by atoms with Crippen LogP contribution in [0.3, 0.4) is 0 Å². The van der Waals surface area contributed by atoms with E-state index in [4.69, 9.17) is 4.74 Å². The van der Waals surface area contributed by atoms with Gasteiger partial charge < -0.3 is 10.1 Å². The Balaban J connectivity index is 1.96. The Kier molecular flexibility index (Phi) is 2.70. The number of benzene rings is 1. The van der Waals surface area contributed by atoms with Crippen LogP contribution in [0.25, 0.3) is 0 Å². The van der Waals surface area contributed by atoms with Gasteiger partial charge in [0.05, 0.1) is 13.2 Å². The summed E-state index contributed by atoms with van der Waals surface area (Å²) in [7, 11) is 0. The normalized spacial score (nSPS) is 18.3. The van der Waals surface area contributed by atoms with Gasteiger partial charge in [-0.3, -0.25) is 0 Å². The topological polar surface area (TPSA) is 21.3 Å². The van der Waals surface area contributed by atoms with Crippen molar-refractivity contribution < 1.29 is 4.74 Å². The lowest BCUT2D eigenvalue weighted by Crippen LogP contribution is -2.45. The molecule has 1 fully saturated rings. The van der Waals surface area contributed by atoms with E-state index in [0.717, 1.165) is 19.8 Å². The van der Waals surface area contributed by atoms with E-state index in [0.29, 0.717) is 5.41 Å². The monoisotopic (exact) mass is 205 g/mol. The molecule has 0 unspecified atom stereocenters. The lowest BCUT2D eigenvalue weighted by atomic mass is 9.88. The Bertz CT molecular complexity index is 356. The van der Waals surface area contributed by atoms with Gasteiger partial charge in [0.25, 0.3) is 0 Å². The van der Waals surface area contributed by atoms with Gasteiger partial charge in [0.2, 0.25) is 0 Å². The molecular formula is C13H19NO. The third-order valence-corrected chi connectivity index (χ3v) is 3.13. The fraction of sp³-hybridized carbons (Fsp3) is 0.538. The van der Waals surface area contributed by atoms with Crippen LogP contribution >= 0.6 is 0 Å². The van der Waals surface area contributed by atoms with Gasteiger partial charge in [-0.1, -0.05) is 13.0 Å². The summed E-state index contributed by atoms with van der Waals surface area (Å²) in [6, 6.07) is 6.51. The molecule has 0 bridgehead atoms. The van der Waals surface area contributed by atoms with Crippen LogP contribution < -0.4 is 5.32 Å². The Morgan fingerprint density at radius 2 is 2.00 bits per heavy atom. The molecule has 0 amide bonds. The maximum absolute atomic E-state index is 5.23. The quantitative estimate of drug-likeness (QED) is 0.819. The third-order valence-electron chi connectivity index (χ3n) is 3.13. The van der Waals surface area contributed by atoms with Crippen LogP contribution in [0.5, 0.6) is 0 Å². The van der Waals surface area contributed by atoms with E-state index in [1.165, 1.54) is 16.8 Å². The summed E-state index contributed by atoms with van der Waals surface area (Å²) in [5.74, 6) is 0. The molecular weight excluding hydrogens is 186 g/mol. The summed E-state index contributed by atoms with van der Waals surface area (Å²) in [5.41, 5.74) is 4.23. The summed E-state index contributed by atoms with van der Waals surface area (Å²) in [6.45, 7) is 9.30. The molecule has 82 valence electrons. The summed E-state index contributed by atoms with van der Waals surface area (Å²) < 4.78 is 5.23. The largest absolute Gasteiger partial charge is 0.384 e. The van der Waals surface area contributed by atoms with Crippen molar-refractivity contribution in [3.63, 3.8) is 0 Å². The maximum Gasteiger partial charge on any atom is 0.0559 e. The van der Waals surface area contributed by atoms with Crippen LogP contribution in [0.4, 0.5) is 5.69 Å². The van der Waals surface area contributed by atoms with Crippen molar-refractivity contribution in [1.29, 1.82) is 0 Å². The number of hydrogen-bond donors (Lipinski definition) is 1. The first-order valence-corrected chi connectivity index (χ1v) is 5.48. The molecule has 0 radical (unpaired) electrons. The Labute approximate surface area is 91.6 Å². The molecule has 1 aliphatic heterocycles. The number of ether oxygens (including phenoxy) is 1. The molecule has 1 aromatic rings. The van der Waals surface area contributed by atoms with E-state index in [1.54, 1.807) is 0 Å². The van der Waals surface area contributed by atoms with Crippen LogP contribution in [0, 0.1) is 19.3 Å². The fourth-order valence-electron chi connectivity index (χ4n) is 1.72. The van der Waals surface area contributed by atoms with Gasteiger partial charge >= 0.3 is 0 Å². The van der Waals surface area contributed by atoms with Crippen molar-refractivity contribution in [2.24, 2.45) is 5.41 Å². The van der Waals surface area contributed by atoms with Crippen LogP contribution in [-0.4, -0.2) is 19.8 Å². The number of anilines is 1. The molecule has 1 aliphatic rings. The summed E-state index contributed by atoms with van der Waals surface area (Å²) >= 11 is 0. The highest BCUT2D eigenvalue weighted by molar-refractivity contribution is 5.48. The number of hydrogen-bond acceptors (Lipinski definition) is 2. The highest BCUT2D eigenvalue weighted by Crippen LogP contribution is 2.27. The average molecular weight is 205 g/mol. The Morgan fingerprint density at radius 1 is 1.27 bits per heavy atom. The van der Waals surface area contributed by atoms with Crippen LogP contribution in [0.15, 0.2) is 18.2 Å². The standard InChI is InChI=1S/C13H19NO/c1-10-4-5-12(6-11(10)2)14-7-13(3)8-15-9-13/h4-6,14H,7-9H2,1-3H3. The summed E-state index contributed by atoms with van der Waals surface area (Å²) in [6.07, 6.45) is 0. The summed E-state index contributed by atoms with van der Waals surface area (Å²) in [4.78, 5) is 0. The predicted octanol–water partition coefficient (Wildman–Crippen LogP) is 2.75. The molecule has 0 aliphatic carbocycles. The second kappa shape index (κ2) is 3.86. The molecule has 0 atom stereocenters. The van der Waals surface area contributed by atoms with Gasteiger partial charge in [0.1, 0.15) is 0 Å². The average Bonchev–Trinajstić information content (AvgIpc) is 2.17. The highest BCUT2D eigenvalue weighted by atomic mass is 16.5. The van der Waals surface area contributed by atoms with E-state index in [1.807, 2.05) is 0 Å². The maximum atomic E-state index is 5.23. The first kappa shape index (κ1) is 10.5. The molecule has 0 saturated carbocycles. The van der Waals surface area contributed by atoms with Crippen molar-refractivity contribution in [2.75, 3.05) is 25.1 Å². The zero-order valence-corrected chi connectivity index (χ0v) is 9.76. The van der Waals surface area contributed by atoms with E-state index in [2.05, 4.69) is 44.3 Å². The molecule has 1 N–H and O–H groups in total. The van der Waals surface area contributed by atoms with E-state index >= 15 is 0 Å². The predicted molar refractivity (Wildman–Crippen MR) is 63.3 cm³/mol. The number of aryl methyl sites for hydroxylation is 2. The van der Waals surface area contributed by atoms with Gasteiger partial charge in [-0.2, -0.15) is 0 Å². The first-order valence-electron chi connectivity index (χ1n) is 5.48. The lowest BCUT2D eigenvalue weighted by molar-refractivity contribution is -0.0924. The van der Waals surface area contributed by atoms with Crippen molar-refractivity contribution in [2.45, 2.75) is 20.8 Å². The second-order valence-corrected chi connectivity index (χ2v) is 4.96. The van der Waals surface area contributed by atoms with Gasteiger partial charge in [0, 0.05) is 17.6 Å². The minimum absolute atomic E-state index is 0.332. The van der Waals surface area contributed by atoms with Crippen LogP contribution in [0.1, 0.15) is 18.1 Å². The number of rotatable bonds is 3. The molecule has 1 heterocycles. The minimum atomic E-state index is 0.332. The molecule has 15 heavy (non-hydrogen) atoms. The van der Waals surface area contributed by atoms with Crippen molar-refractivity contribution in [3.8, 4) is 0 Å². The van der Waals surface area contributed by atoms with Gasteiger partial charge in [-0.05, 0) is 37.1 Å². The van der Waals surface area contributed by atoms with Crippen LogP contribution in [0.2, 0.25) is 0 Å². The fourth-order valence-corrected chi connectivity index (χ4v) is 1.72. The van der Waals surface area contributed by atoms with Crippen LogP contribution in [-0.2, 0) is 4.74 Å². The van der Waals surface area contributed by atoms with Crippen molar-refractivity contribution in [1.82, 2.24) is 0 Å². The molecule has 1 saturated heterocycles. The molecule has 2 heteroatoms. The zero-order valence-electron chi connectivity index (χ0n) is 9.76. The second-order valence-electron chi connectivity index (χ2n) is 4.96. The van der Waals surface area contributed by atoms with E-state index < -0.39 is 0 Å². The van der Waals surface area contributed by atoms with Gasteiger partial charge in [0.15, 0.2) is 0 Å².